The van der Waals surface area contributed by atoms with Crippen molar-refractivity contribution >= 4 is 40.4 Å². The maximum atomic E-state index is 8.99. The van der Waals surface area contributed by atoms with Crippen molar-refractivity contribution in [3.05, 3.63) is 46.1 Å². The second kappa shape index (κ2) is 5.13. The van der Waals surface area contributed by atoms with Crippen LogP contribution in [0.3, 0.4) is 0 Å². The number of pyridine rings is 1. The van der Waals surface area contributed by atoms with E-state index in [0.717, 1.165) is 0 Å². The standard InChI is InChI=1S/C12H8Cl2N4/c13-8-1-2-11(10(14)4-8)18-12-7(5-15)3-9(16)6-17-12/h1-4,6H,16H2,(H,17,18). The first-order valence-electron chi connectivity index (χ1n) is 4.98. The predicted molar refractivity (Wildman–Crippen MR) is 73.1 cm³/mol. The summed E-state index contributed by atoms with van der Waals surface area (Å²) >= 11 is 11.8. The van der Waals surface area contributed by atoms with Crippen molar-refractivity contribution in [2.45, 2.75) is 0 Å². The molecular weight excluding hydrogens is 271 g/mol. The molecule has 0 aliphatic carbocycles. The molecule has 0 fully saturated rings. The van der Waals surface area contributed by atoms with Crippen LogP contribution in [0.25, 0.3) is 0 Å². The Hall–Kier alpha value is -1.96. The van der Waals surface area contributed by atoms with Crippen LogP contribution in [0.1, 0.15) is 5.56 Å². The normalized spacial score (nSPS) is 9.83. The molecule has 2 aromatic rings. The van der Waals surface area contributed by atoms with E-state index in [1.165, 1.54) is 6.20 Å². The molecule has 6 heteroatoms. The van der Waals surface area contributed by atoms with Crippen LogP contribution in [0, 0.1) is 11.3 Å². The van der Waals surface area contributed by atoms with Crippen LogP contribution >= 0.6 is 23.2 Å². The smallest absolute Gasteiger partial charge is 0.148 e. The highest BCUT2D eigenvalue weighted by Crippen LogP contribution is 2.28. The van der Waals surface area contributed by atoms with Gasteiger partial charge in [0.1, 0.15) is 11.9 Å². The topological polar surface area (TPSA) is 74.7 Å². The SMILES string of the molecule is N#Cc1cc(N)cnc1Nc1ccc(Cl)cc1Cl. The molecule has 0 aliphatic rings. The van der Waals surface area contributed by atoms with Crippen LogP contribution in [-0.2, 0) is 0 Å². The lowest BCUT2D eigenvalue weighted by Gasteiger charge is -2.09. The molecule has 0 saturated heterocycles. The van der Waals surface area contributed by atoms with Crippen molar-refractivity contribution in [1.82, 2.24) is 4.98 Å². The molecule has 2 rings (SSSR count). The summed E-state index contributed by atoms with van der Waals surface area (Å²) in [5.41, 5.74) is 6.96. The van der Waals surface area contributed by atoms with E-state index in [-0.39, 0.29) is 0 Å². The first kappa shape index (κ1) is 12.5. The van der Waals surface area contributed by atoms with Gasteiger partial charge in [0, 0.05) is 5.02 Å². The van der Waals surface area contributed by atoms with Gasteiger partial charge in [0.25, 0.3) is 0 Å². The van der Waals surface area contributed by atoms with E-state index in [2.05, 4.69) is 10.3 Å². The molecule has 0 aliphatic heterocycles. The second-order valence-electron chi connectivity index (χ2n) is 3.53. The van der Waals surface area contributed by atoms with Gasteiger partial charge >= 0.3 is 0 Å². The van der Waals surface area contributed by atoms with Crippen LogP contribution in [0.2, 0.25) is 10.0 Å². The molecule has 4 nitrogen and oxygen atoms in total. The van der Waals surface area contributed by atoms with Gasteiger partial charge in [0.05, 0.1) is 28.2 Å². The van der Waals surface area contributed by atoms with Crippen molar-refractivity contribution in [2.75, 3.05) is 11.1 Å². The third kappa shape index (κ3) is 2.65. The number of hydrogen-bond donors (Lipinski definition) is 2. The van der Waals surface area contributed by atoms with Crippen LogP contribution in [0.4, 0.5) is 17.2 Å². The van der Waals surface area contributed by atoms with Gasteiger partial charge in [-0.1, -0.05) is 23.2 Å². The fourth-order valence-electron chi connectivity index (χ4n) is 1.38. The monoisotopic (exact) mass is 278 g/mol. The summed E-state index contributed by atoms with van der Waals surface area (Å²) in [6.07, 6.45) is 1.47. The number of nitrogens with two attached hydrogens (primary N) is 1. The molecule has 1 heterocycles. The van der Waals surface area contributed by atoms with Gasteiger partial charge in [-0.25, -0.2) is 4.98 Å². The van der Waals surface area contributed by atoms with E-state index in [1.54, 1.807) is 24.3 Å². The average molecular weight is 279 g/mol. The fourth-order valence-corrected chi connectivity index (χ4v) is 1.84. The summed E-state index contributed by atoms with van der Waals surface area (Å²) < 4.78 is 0. The Morgan fingerprint density at radius 2 is 2.06 bits per heavy atom. The average Bonchev–Trinajstić information content (AvgIpc) is 2.34. The van der Waals surface area contributed by atoms with E-state index >= 15 is 0 Å². The minimum Gasteiger partial charge on any atom is -0.397 e. The first-order valence-corrected chi connectivity index (χ1v) is 5.73. The van der Waals surface area contributed by atoms with Gasteiger partial charge in [-0.2, -0.15) is 5.26 Å². The molecule has 1 aromatic carbocycles. The van der Waals surface area contributed by atoms with Crippen molar-refractivity contribution in [3.8, 4) is 6.07 Å². The van der Waals surface area contributed by atoms with Gasteiger partial charge in [-0.05, 0) is 24.3 Å². The third-order valence-electron chi connectivity index (χ3n) is 2.21. The highest BCUT2D eigenvalue weighted by Gasteiger charge is 2.07. The fraction of sp³-hybridized carbons (Fsp3) is 0. The van der Waals surface area contributed by atoms with Crippen molar-refractivity contribution in [3.63, 3.8) is 0 Å². The molecule has 90 valence electrons. The highest BCUT2D eigenvalue weighted by molar-refractivity contribution is 6.36. The summed E-state index contributed by atoms with van der Waals surface area (Å²) in [6, 6.07) is 8.57. The molecule has 3 N–H and O–H groups in total. The zero-order chi connectivity index (χ0) is 13.1. The summed E-state index contributed by atoms with van der Waals surface area (Å²) in [6.45, 7) is 0. The molecule has 0 atom stereocenters. The van der Waals surface area contributed by atoms with Crippen LogP contribution in [-0.4, -0.2) is 4.98 Å². The number of hydrogen-bond acceptors (Lipinski definition) is 4. The minimum atomic E-state index is 0.348. The zero-order valence-electron chi connectivity index (χ0n) is 9.11. The molecule has 0 amide bonds. The number of nitrogens with zero attached hydrogens (tertiary/aromatic N) is 2. The number of nitriles is 1. The second-order valence-corrected chi connectivity index (χ2v) is 4.37. The lowest BCUT2D eigenvalue weighted by Crippen LogP contribution is -1.99. The maximum Gasteiger partial charge on any atom is 0.148 e. The number of anilines is 3. The predicted octanol–water partition coefficient (Wildman–Crippen LogP) is 3.59. The Morgan fingerprint density at radius 1 is 1.28 bits per heavy atom. The van der Waals surface area contributed by atoms with E-state index in [0.29, 0.717) is 32.8 Å². The van der Waals surface area contributed by atoms with Gasteiger partial charge in [0.2, 0.25) is 0 Å². The maximum absolute atomic E-state index is 8.99. The highest BCUT2D eigenvalue weighted by atomic mass is 35.5. The van der Waals surface area contributed by atoms with Gasteiger partial charge in [0.15, 0.2) is 0 Å². The Labute approximate surface area is 114 Å². The minimum absolute atomic E-state index is 0.348. The van der Waals surface area contributed by atoms with Crippen LogP contribution in [0.5, 0.6) is 0 Å². The Balaban J connectivity index is 2.37. The van der Waals surface area contributed by atoms with E-state index in [1.807, 2.05) is 6.07 Å². The van der Waals surface area contributed by atoms with Gasteiger partial charge < -0.3 is 11.1 Å². The van der Waals surface area contributed by atoms with Crippen LogP contribution < -0.4 is 11.1 Å². The molecule has 0 unspecified atom stereocenters. The molecular formula is C12H8Cl2N4. The lowest BCUT2D eigenvalue weighted by atomic mass is 10.2. The Kier molecular flexibility index (Phi) is 3.56. The Morgan fingerprint density at radius 3 is 2.72 bits per heavy atom. The van der Waals surface area contributed by atoms with Gasteiger partial charge in [-0.3, -0.25) is 0 Å². The zero-order valence-corrected chi connectivity index (χ0v) is 10.6. The molecule has 0 radical (unpaired) electrons. The number of benzene rings is 1. The van der Waals surface area contributed by atoms with Crippen molar-refractivity contribution in [1.29, 1.82) is 5.26 Å². The number of aromatic nitrogens is 1. The molecule has 0 bridgehead atoms. The number of nitrogen functional groups attached to an aromatic ring is 1. The first-order chi connectivity index (χ1) is 8.60. The summed E-state index contributed by atoms with van der Waals surface area (Å²) in [5.74, 6) is 0.399. The van der Waals surface area contributed by atoms with E-state index < -0.39 is 0 Å². The Bertz CT molecular complexity index is 634. The number of nitrogens with one attached hydrogen (secondary N) is 1. The summed E-state index contributed by atoms with van der Waals surface area (Å²) in [7, 11) is 0. The largest absolute Gasteiger partial charge is 0.397 e. The molecule has 1 aromatic heterocycles. The number of halogens is 2. The van der Waals surface area contributed by atoms with Crippen LogP contribution in [0.15, 0.2) is 30.5 Å². The molecule has 18 heavy (non-hydrogen) atoms. The molecule has 0 saturated carbocycles. The summed E-state index contributed by atoms with van der Waals surface area (Å²) in [5, 5.41) is 12.9. The van der Waals surface area contributed by atoms with E-state index in [9.17, 15) is 0 Å². The quantitative estimate of drug-likeness (QED) is 0.880. The summed E-state index contributed by atoms with van der Waals surface area (Å²) in [4.78, 5) is 4.06. The third-order valence-corrected chi connectivity index (χ3v) is 2.76. The van der Waals surface area contributed by atoms with Crippen molar-refractivity contribution < 1.29 is 0 Å². The molecule has 0 spiro atoms. The van der Waals surface area contributed by atoms with Gasteiger partial charge in [-0.15, -0.1) is 0 Å². The lowest BCUT2D eigenvalue weighted by molar-refractivity contribution is 1.29. The van der Waals surface area contributed by atoms with Crippen molar-refractivity contribution in [2.24, 2.45) is 0 Å². The van der Waals surface area contributed by atoms with E-state index in [4.69, 9.17) is 34.2 Å². The number of rotatable bonds is 2.